The second kappa shape index (κ2) is 8.17. The van der Waals surface area contributed by atoms with E-state index in [1.54, 1.807) is 30.4 Å². The van der Waals surface area contributed by atoms with E-state index in [9.17, 15) is 14.7 Å². The summed E-state index contributed by atoms with van der Waals surface area (Å²) < 4.78 is 0. The molecule has 0 radical (unpaired) electrons. The van der Waals surface area contributed by atoms with Crippen molar-refractivity contribution < 1.29 is 14.7 Å². The van der Waals surface area contributed by atoms with Crippen molar-refractivity contribution in [3.8, 4) is 5.75 Å². The van der Waals surface area contributed by atoms with Crippen molar-refractivity contribution in [2.45, 2.75) is 34.1 Å². The maximum atomic E-state index is 12.4. The lowest BCUT2D eigenvalue weighted by molar-refractivity contribution is -0.115. The monoisotopic (exact) mass is 301 g/mol. The van der Waals surface area contributed by atoms with Crippen molar-refractivity contribution in [2.24, 2.45) is 0 Å². The second-order valence-corrected chi connectivity index (χ2v) is 5.04. The second-order valence-electron chi connectivity index (χ2n) is 5.04. The van der Waals surface area contributed by atoms with Gasteiger partial charge in [-0.1, -0.05) is 19.1 Å². The maximum Gasteiger partial charge on any atom is 0.251 e. The number of aromatic hydroxyl groups is 1. The first-order valence-corrected chi connectivity index (χ1v) is 7.41. The van der Waals surface area contributed by atoms with E-state index in [-0.39, 0.29) is 17.4 Å². The van der Waals surface area contributed by atoms with Gasteiger partial charge < -0.3 is 10.4 Å². The van der Waals surface area contributed by atoms with Crippen LogP contribution in [-0.4, -0.2) is 23.3 Å². The minimum atomic E-state index is -0.264. The number of carbonyl (C=O) groups excluding carboxylic acids is 2. The number of carbonyl (C=O) groups is 2. The zero-order valence-electron chi connectivity index (χ0n) is 13.6. The lowest BCUT2D eigenvalue weighted by Gasteiger charge is -2.12. The van der Waals surface area contributed by atoms with Gasteiger partial charge >= 0.3 is 0 Å². The molecule has 0 saturated carbocycles. The summed E-state index contributed by atoms with van der Waals surface area (Å²) in [6.07, 6.45) is 4.09. The highest BCUT2D eigenvalue weighted by Crippen LogP contribution is 2.25. The van der Waals surface area contributed by atoms with Gasteiger partial charge in [0.05, 0.1) is 0 Å². The number of nitrogens with one attached hydrogen (secondary N) is 1. The van der Waals surface area contributed by atoms with Crippen molar-refractivity contribution in [1.82, 2.24) is 5.32 Å². The number of Topliss-reactive ketones (excluding diaryl/α,β-unsaturated/α-hetero) is 1. The molecule has 22 heavy (non-hydrogen) atoms. The highest BCUT2D eigenvalue weighted by Gasteiger charge is 2.16. The Kier molecular flexibility index (Phi) is 6.57. The van der Waals surface area contributed by atoms with E-state index in [1.807, 2.05) is 20.8 Å². The first kappa shape index (κ1) is 17.7. The minimum absolute atomic E-state index is 0.0830. The average Bonchev–Trinajstić information content (AvgIpc) is 2.46. The first-order chi connectivity index (χ1) is 10.4. The number of amides is 1. The number of ketones is 1. The van der Waals surface area contributed by atoms with Crippen LogP contribution >= 0.6 is 0 Å². The zero-order valence-corrected chi connectivity index (χ0v) is 13.6. The van der Waals surface area contributed by atoms with Gasteiger partial charge in [0.1, 0.15) is 5.75 Å². The largest absolute Gasteiger partial charge is 0.508 e. The number of phenols is 1. The average molecular weight is 301 g/mol. The van der Waals surface area contributed by atoms with Crippen LogP contribution in [0.3, 0.4) is 0 Å². The fraction of sp³-hybridized carbons (Fsp3) is 0.333. The zero-order chi connectivity index (χ0) is 16.7. The molecule has 2 N–H and O–H groups in total. The summed E-state index contributed by atoms with van der Waals surface area (Å²) in [6.45, 7) is 7.59. The molecule has 4 nitrogen and oxygen atoms in total. The SMILES string of the molecule is CC/C=C(/C=C(/C(=O)NCC)c1cc(O)ccc1C)C(C)=O. The highest BCUT2D eigenvalue weighted by molar-refractivity contribution is 6.21. The van der Waals surface area contributed by atoms with Crippen LogP contribution in [0.4, 0.5) is 0 Å². The van der Waals surface area contributed by atoms with Crippen LogP contribution in [0, 0.1) is 6.92 Å². The van der Waals surface area contributed by atoms with E-state index in [1.165, 1.54) is 6.92 Å². The number of aryl methyl sites for hydroxylation is 1. The molecule has 0 fully saturated rings. The van der Waals surface area contributed by atoms with E-state index in [4.69, 9.17) is 0 Å². The van der Waals surface area contributed by atoms with Gasteiger partial charge in [-0.2, -0.15) is 0 Å². The Labute approximate surface area is 131 Å². The quantitative estimate of drug-likeness (QED) is 0.626. The topological polar surface area (TPSA) is 66.4 Å². The van der Waals surface area contributed by atoms with Crippen LogP contribution in [0.15, 0.2) is 35.9 Å². The third-order valence-electron chi connectivity index (χ3n) is 3.22. The molecule has 0 aliphatic heterocycles. The summed E-state index contributed by atoms with van der Waals surface area (Å²) in [6, 6.07) is 4.86. The van der Waals surface area contributed by atoms with Gasteiger partial charge in [-0.05, 0) is 56.5 Å². The molecular formula is C18H23NO3. The third-order valence-corrected chi connectivity index (χ3v) is 3.22. The van der Waals surface area contributed by atoms with E-state index in [0.29, 0.717) is 29.7 Å². The molecular weight excluding hydrogens is 278 g/mol. The Morgan fingerprint density at radius 1 is 1.27 bits per heavy atom. The molecule has 0 spiro atoms. The Bertz CT molecular complexity index is 627. The molecule has 118 valence electrons. The molecule has 1 aromatic carbocycles. The predicted octanol–water partition coefficient (Wildman–Crippen LogP) is 3.15. The fourth-order valence-corrected chi connectivity index (χ4v) is 2.10. The van der Waals surface area contributed by atoms with Gasteiger partial charge in [-0.3, -0.25) is 9.59 Å². The standard InChI is InChI=1S/C18H23NO3/c1-5-7-14(13(4)20)10-17(18(22)19-6-2)16-11-15(21)9-8-12(16)3/h7-11,21H,5-6H2,1-4H3,(H,19,22)/b14-7-,17-10+. The minimum Gasteiger partial charge on any atom is -0.508 e. The Morgan fingerprint density at radius 3 is 2.50 bits per heavy atom. The predicted molar refractivity (Wildman–Crippen MR) is 88.6 cm³/mol. The lowest BCUT2D eigenvalue weighted by atomic mass is 9.96. The number of allylic oxidation sites excluding steroid dienone is 3. The van der Waals surface area contributed by atoms with E-state index in [0.717, 1.165) is 5.56 Å². The van der Waals surface area contributed by atoms with Crippen molar-refractivity contribution in [2.75, 3.05) is 6.54 Å². The van der Waals surface area contributed by atoms with E-state index in [2.05, 4.69) is 5.32 Å². The fourth-order valence-electron chi connectivity index (χ4n) is 2.10. The Morgan fingerprint density at radius 2 is 1.95 bits per heavy atom. The molecule has 4 heteroatoms. The summed E-state index contributed by atoms with van der Waals surface area (Å²) in [5.74, 6) is -0.277. The molecule has 0 aliphatic rings. The summed E-state index contributed by atoms with van der Waals surface area (Å²) in [7, 11) is 0. The summed E-state index contributed by atoms with van der Waals surface area (Å²) >= 11 is 0. The summed E-state index contributed by atoms with van der Waals surface area (Å²) in [5.41, 5.74) is 2.35. The molecule has 0 bridgehead atoms. The van der Waals surface area contributed by atoms with Gasteiger partial charge in [-0.15, -0.1) is 0 Å². The van der Waals surface area contributed by atoms with Gasteiger partial charge in [0, 0.05) is 17.7 Å². The molecule has 0 atom stereocenters. The van der Waals surface area contributed by atoms with E-state index >= 15 is 0 Å². The van der Waals surface area contributed by atoms with Crippen LogP contribution < -0.4 is 5.32 Å². The molecule has 0 saturated heterocycles. The molecule has 0 unspecified atom stereocenters. The number of hydrogen-bond donors (Lipinski definition) is 2. The highest BCUT2D eigenvalue weighted by atomic mass is 16.3. The third kappa shape index (κ3) is 4.58. The molecule has 1 aromatic rings. The van der Waals surface area contributed by atoms with Crippen LogP contribution in [-0.2, 0) is 9.59 Å². The lowest BCUT2D eigenvalue weighted by Crippen LogP contribution is -2.24. The van der Waals surface area contributed by atoms with Crippen LogP contribution in [0.1, 0.15) is 38.3 Å². The number of rotatable bonds is 6. The number of benzene rings is 1. The van der Waals surface area contributed by atoms with Crippen molar-refractivity contribution in [1.29, 1.82) is 0 Å². The van der Waals surface area contributed by atoms with Gasteiger partial charge in [0.25, 0.3) is 5.91 Å². The van der Waals surface area contributed by atoms with Crippen molar-refractivity contribution in [3.05, 3.63) is 47.1 Å². The molecule has 0 aliphatic carbocycles. The maximum absolute atomic E-state index is 12.4. The first-order valence-electron chi connectivity index (χ1n) is 7.41. The van der Waals surface area contributed by atoms with Gasteiger partial charge in [-0.25, -0.2) is 0 Å². The van der Waals surface area contributed by atoms with Crippen molar-refractivity contribution >= 4 is 17.3 Å². The van der Waals surface area contributed by atoms with E-state index < -0.39 is 0 Å². The van der Waals surface area contributed by atoms with Crippen LogP contribution in [0.25, 0.3) is 5.57 Å². The molecule has 1 rings (SSSR count). The molecule has 0 aromatic heterocycles. The summed E-state index contributed by atoms with van der Waals surface area (Å²) in [5, 5.41) is 12.5. The normalized spacial score (nSPS) is 12.2. The number of hydrogen-bond acceptors (Lipinski definition) is 3. The number of likely N-dealkylation sites (N-methyl/N-ethyl adjacent to an activating group) is 1. The Hall–Kier alpha value is -2.36. The Balaban J connectivity index is 3.47. The molecule has 0 heterocycles. The van der Waals surface area contributed by atoms with Crippen LogP contribution in [0.5, 0.6) is 5.75 Å². The molecule has 1 amide bonds. The number of phenolic OH excluding ortho intramolecular Hbond substituents is 1. The smallest absolute Gasteiger partial charge is 0.251 e. The van der Waals surface area contributed by atoms with Gasteiger partial charge in [0.2, 0.25) is 0 Å². The van der Waals surface area contributed by atoms with Gasteiger partial charge in [0.15, 0.2) is 5.78 Å². The van der Waals surface area contributed by atoms with Crippen molar-refractivity contribution in [3.63, 3.8) is 0 Å². The summed E-state index contributed by atoms with van der Waals surface area (Å²) in [4.78, 5) is 24.1. The van der Waals surface area contributed by atoms with Crippen LogP contribution in [0.2, 0.25) is 0 Å².